The zero-order valence-electron chi connectivity index (χ0n) is 10.2. The van der Waals surface area contributed by atoms with E-state index < -0.39 is 0 Å². The Labute approximate surface area is 97.4 Å². The molecule has 0 aromatic carbocycles. The van der Waals surface area contributed by atoms with Crippen molar-refractivity contribution in [1.82, 2.24) is 5.32 Å². The largest absolute Gasteiger partial charge is 0.468 e. The van der Waals surface area contributed by atoms with Gasteiger partial charge in [-0.3, -0.25) is 4.79 Å². The van der Waals surface area contributed by atoms with Gasteiger partial charge in [0.05, 0.1) is 7.11 Å². The van der Waals surface area contributed by atoms with Gasteiger partial charge in [-0.2, -0.15) is 0 Å². The van der Waals surface area contributed by atoms with E-state index in [1.807, 2.05) is 6.92 Å². The van der Waals surface area contributed by atoms with Gasteiger partial charge in [-0.1, -0.05) is 12.8 Å². The summed E-state index contributed by atoms with van der Waals surface area (Å²) in [4.78, 5) is 11.2. The van der Waals surface area contributed by atoms with Crippen LogP contribution in [0.25, 0.3) is 0 Å². The average molecular weight is 229 g/mol. The lowest BCUT2D eigenvalue weighted by atomic mass is 9.79. The van der Waals surface area contributed by atoms with Crippen LogP contribution in [0, 0.1) is 11.8 Å². The van der Waals surface area contributed by atoms with Gasteiger partial charge < -0.3 is 15.2 Å². The Morgan fingerprint density at radius 1 is 1.44 bits per heavy atom. The van der Waals surface area contributed by atoms with E-state index in [1.54, 1.807) is 0 Å². The van der Waals surface area contributed by atoms with Crippen molar-refractivity contribution in [3.05, 3.63) is 0 Å². The number of rotatable bonds is 5. The van der Waals surface area contributed by atoms with Gasteiger partial charge in [0.25, 0.3) is 0 Å². The van der Waals surface area contributed by atoms with Gasteiger partial charge >= 0.3 is 5.97 Å². The molecule has 1 aliphatic carbocycles. The first kappa shape index (κ1) is 13.5. The maximum absolute atomic E-state index is 11.2. The summed E-state index contributed by atoms with van der Waals surface area (Å²) in [6, 6.07) is -0.258. The van der Waals surface area contributed by atoms with E-state index in [2.05, 4.69) is 10.1 Å². The van der Waals surface area contributed by atoms with Crippen LogP contribution in [0.1, 0.15) is 32.6 Å². The van der Waals surface area contributed by atoms with Crippen molar-refractivity contribution in [2.24, 2.45) is 11.8 Å². The first-order valence-electron chi connectivity index (χ1n) is 6.11. The standard InChI is InChI=1S/C12H23NO3/c1-9(12(15)16-2)13-7-10-5-3-4-6-11(10)8-14/h9-11,13-14H,3-8H2,1-2H3. The van der Waals surface area contributed by atoms with Gasteiger partial charge in [0.15, 0.2) is 0 Å². The second-order valence-electron chi connectivity index (χ2n) is 4.64. The molecule has 3 atom stereocenters. The summed E-state index contributed by atoms with van der Waals surface area (Å²) in [6.45, 7) is 2.86. The molecule has 94 valence electrons. The molecule has 1 rings (SSSR count). The summed E-state index contributed by atoms with van der Waals surface area (Å²) in [7, 11) is 1.40. The number of aliphatic hydroxyl groups is 1. The molecule has 1 aliphatic rings. The lowest BCUT2D eigenvalue weighted by Crippen LogP contribution is -2.40. The van der Waals surface area contributed by atoms with Gasteiger partial charge in [-0.05, 0) is 38.1 Å². The molecule has 0 heterocycles. The predicted molar refractivity (Wildman–Crippen MR) is 62.0 cm³/mol. The third kappa shape index (κ3) is 3.76. The fourth-order valence-corrected chi connectivity index (χ4v) is 2.38. The van der Waals surface area contributed by atoms with Crippen LogP contribution >= 0.6 is 0 Å². The smallest absolute Gasteiger partial charge is 0.322 e. The summed E-state index contributed by atoms with van der Waals surface area (Å²) >= 11 is 0. The highest BCUT2D eigenvalue weighted by atomic mass is 16.5. The molecule has 0 spiro atoms. The van der Waals surface area contributed by atoms with E-state index in [4.69, 9.17) is 0 Å². The van der Waals surface area contributed by atoms with Crippen LogP contribution in [-0.4, -0.2) is 37.4 Å². The van der Waals surface area contributed by atoms with Gasteiger partial charge in [-0.15, -0.1) is 0 Å². The van der Waals surface area contributed by atoms with Crippen molar-refractivity contribution < 1.29 is 14.6 Å². The third-order valence-electron chi connectivity index (χ3n) is 3.54. The van der Waals surface area contributed by atoms with Crippen LogP contribution in [0.2, 0.25) is 0 Å². The van der Waals surface area contributed by atoms with E-state index in [0.29, 0.717) is 11.8 Å². The molecule has 16 heavy (non-hydrogen) atoms. The molecule has 0 bridgehead atoms. The molecule has 0 aromatic heterocycles. The lowest BCUT2D eigenvalue weighted by molar-refractivity contribution is -0.142. The highest BCUT2D eigenvalue weighted by molar-refractivity contribution is 5.75. The number of aliphatic hydroxyl groups excluding tert-OH is 1. The molecule has 1 saturated carbocycles. The molecular formula is C12H23NO3. The molecule has 0 radical (unpaired) electrons. The van der Waals surface area contributed by atoms with Crippen molar-refractivity contribution in [2.75, 3.05) is 20.3 Å². The maximum atomic E-state index is 11.2. The van der Waals surface area contributed by atoms with Gasteiger partial charge in [0.1, 0.15) is 6.04 Å². The van der Waals surface area contributed by atoms with E-state index >= 15 is 0 Å². The minimum atomic E-state index is -0.258. The second kappa shape index (κ2) is 6.86. The van der Waals surface area contributed by atoms with Crippen LogP contribution in [-0.2, 0) is 9.53 Å². The molecule has 2 N–H and O–H groups in total. The summed E-state index contributed by atoms with van der Waals surface area (Å²) in [5.41, 5.74) is 0. The Balaban J connectivity index is 2.32. The van der Waals surface area contributed by atoms with E-state index in [1.165, 1.54) is 20.0 Å². The minimum absolute atomic E-state index is 0.226. The number of nitrogens with one attached hydrogen (secondary N) is 1. The second-order valence-corrected chi connectivity index (χ2v) is 4.64. The van der Waals surface area contributed by atoms with Crippen molar-refractivity contribution in [3.63, 3.8) is 0 Å². The van der Waals surface area contributed by atoms with Gasteiger partial charge in [-0.25, -0.2) is 0 Å². The van der Waals surface area contributed by atoms with Gasteiger partial charge in [0.2, 0.25) is 0 Å². The number of hydrogen-bond donors (Lipinski definition) is 2. The highest BCUT2D eigenvalue weighted by Crippen LogP contribution is 2.29. The maximum Gasteiger partial charge on any atom is 0.322 e. The monoisotopic (exact) mass is 229 g/mol. The molecule has 0 aliphatic heterocycles. The summed E-state index contributed by atoms with van der Waals surface area (Å²) < 4.78 is 4.65. The van der Waals surface area contributed by atoms with E-state index in [9.17, 15) is 9.90 Å². The Kier molecular flexibility index (Phi) is 5.77. The number of esters is 1. The van der Waals surface area contributed by atoms with E-state index in [-0.39, 0.29) is 18.6 Å². The minimum Gasteiger partial charge on any atom is -0.468 e. The average Bonchev–Trinajstić information content (AvgIpc) is 2.35. The number of carbonyl (C=O) groups excluding carboxylic acids is 1. The van der Waals surface area contributed by atoms with Crippen LogP contribution in [0.5, 0.6) is 0 Å². The first-order chi connectivity index (χ1) is 7.69. The Morgan fingerprint density at radius 3 is 2.62 bits per heavy atom. The third-order valence-corrected chi connectivity index (χ3v) is 3.54. The number of ether oxygens (including phenoxy) is 1. The molecule has 4 heteroatoms. The van der Waals surface area contributed by atoms with Crippen LogP contribution in [0.3, 0.4) is 0 Å². The zero-order chi connectivity index (χ0) is 12.0. The summed E-state index contributed by atoms with van der Waals surface area (Å²) in [5, 5.41) is 12.4. The van der Waals surface area contributed by atoms with E-state index in [0.717, 1.165) is 19.4 Å². The molecule has 0 aromatic rings. The number of carbonyl (C=O) groups is 1. The van der Waals surface area contributed by atoms with Crippen molar-refractivity contribution in [2.45, 2.75) is 38.6 Å². The molecule has 3 unspecified atom stereocenters. The highest BCUT2D eigenvalue weighted by Gasteiger charge is 2.25. The topological polar surface area (TPSA) is 58.6 Å². The molecular weight excluding hydrogens is 206 g/mol. The van der Waals surface area contributed by atoms with Crippen molar-refractivity contribution >= 4 is 5.97 Å². The first-order valence-corrected chi connectivity index (χ1v) is 6.11. The van der Waals surface area contributed by atoms with Crippen molar-refractivity contribution in [1.29, 1.82) is 0 Å². The van der Waals surface area contributed by atoms with Crippen LogP contribution < -0.4 is 5.32 Å². The Hall–Kier alpha value is -0.610. The SMILES string of the molecule is COC(=O)C(C)NCC1CCCCC1CO. The fraction of sp³-hybridized carbons (Fsp3) is 0.917. The number of hydrogen-bond acceptors (Lipinski definition) is 4. The lowest BCUT2D eigenvalue weighted by Gasteiger charge is -2.31. The summed E-state index contributed by atoms with van der Waals surface area (Å²) in [6.07, 6.45) is 4.70. The van der Waals surface area contributed by atoms with Crippen LogP contribution in [0.4, 0.5) is 0 Å². The molecule has 1 fully saturated rings. The molecule has 0 saturated heterocycles. The summed E-state index contributed by atoms with van der Waals surface area (Å²) in [5.74, 6) is 0.660. The predicted octanol–water partition coefficient (Wildman–Crippen LogP) is 0.936. The normalized spacial score (nSPS) is 27.4. The van der Waals surface area contributed by atoms with Crippen LogP contribution in [0.15, 0.2) is 0 Å². The Bertz CT molecular complexity index is 220. The van der Waals surface area contributed by atoms with Gasteiger partial charge in [0, 0.05) is 6.61 Å². The molecule has 0 amide bonds. The van der Waals surface area contributed by atoms with Crippen molar-refractivity contribution in [3.8, 4) is 0 Å². The molecule has 4 nitrogen and oxygen atoms in total. The Morgan fingerprint density at radius 2 is 2.06 bits per heavy atom. The quantitative estimate of drug-likeness (QED) is 0.689. The fourth-order valence-electron chi connectivity index (χ4n) is 2.38. The number of methoxy groups -OCH3 is 1. The zero-order valence-corrected chi connectivity index (χ0v) is 10.2.